The fourth-order valence-corrected chi connectivity index (χ4v) is 3.01. The van der Waals surface area contributed by atoms with Gasteiger partial charge in [-0.1, -0.05) is 13.8 Å². The maximum absolute atomic E-state index is 9.61. The van der Waals surface area contributed by atoms with Gasteiger partial charge in [0, 0.05) is 29.0 Å². The van der Waals surface area contributed by atoms with Gasteiger partial charge in [0.2, 0.25) is 12.4 Å². The molecule has 1 atom stereocenters. The number of halogens is 1. The van der Waals surface area contributed by atoms with Gasteiger partial charge < -0.3 is 15.7 Å². The molecule has 0 radical (unpaired) electrons. The van der Waals surface area contributed by atoms with E-state index in [1.54, 1.807) is 22.6 Å². The van der Waals surface area contributed by atoms with Crippen LogP contribution in [0.15, 0.2) is 41.3 Å². The minimum atomic E-state index is -0.0794. The number of rotatable bonds is 8. The Kier molecular flexibility index (Phi) is 6.12. The summed E-state index contributed by atoms with van der Waals surface area (Å²) in [6.07, 6.45) is 5.45. The molecule has 27 heavy (non-hydrogen) atoms. The van der Waals surface area contributed by atoms with Gasteiger partial charge >= 0.3 is 0 Å². The van der Waals surface area contributed by atoms with E-state index in [9.17, 15) is 5.11 Å². The van der Waals surface area contributed by atoms with Gasteiger partial charge in [0.25, 0.3) is 0 Å². The van der Waals surface area contributed by atoms with E-state index in [4.69, 9.17) is 4.84 Å². The summed E-state index contributed by atoms with van der Waals surface area (Å²) in [5.74, 6) is 1.74. The van der Waals surface area contributed by atoms with Crippen LogP contribution in [0.1, 0.15) is 19.4 Å². The molecule has 0 fully saturated rings. The summed E-state index contributed by atoms with van der Waals surface area (Å²) in [6.45, 7) is 4.74. The molecule has 8 nitrogen and oxygen atoms in total. The van der Waals surface area contributed by atoms with E-state index in [1.807, 2.05) is 30.6 Å². The van der Waals surface area contributed by atoms with E-state index >= 15 is 0 Å². The first-order chi connectivity index (χ1) is 13.0. The zero-order valence-corrected chi connectivity index (χ0v) is 17.1. The Bertz CT molecular complexity index is 914. The van der Waals surface area contributed by atoms with Crippen LogP contribution in [0.3, 0.4) is 0 Å². The smallest absolute Gasteiger partial charge is 0.227 e. The number of pyridine rings is 1. The van der Waals surface area contributed by atoms with Crippen molar-refractivity contribution in [3.8, 4) is 0 Å². The molecule has 3 rings (SSSR count). The molecule has 144 valence electrons. The van der Waals surface area contributed by atoms with Gasteiger partial charge in [0.15, 0.2) is 5.65 Å². The Balaban J connectivity index is 1.88. The van der Waals surface area contributed by atoms with Crippen LogP contribution in [0, 0.1) is 5.92 Å². The van der Waals surface area contributed by atoms with Crippen LogP contribution in [0.4, 0.5) is 11.6 Å². The van der Waals surface area contributed by atoms with Gasteiger partial charge in [-0.15, -0.1) is 0 Å². The minimum absolute atomic E-state index is 0.0365. The highest BCUT2D eigenvalue weighted by atomic mass is 79.9. The molecular formula is C18H24BrN6O2+. The molecule has 9 heteroatoms. The first-order valence-electron chi connectivity index (χ1n) is 8.72. The molecule has 0 amide bonds. The maximum Gasteiger partial charge on any atom is 0.227 e. The summed E-state index contributed by atoms with van der Waals surface area (Å²) >= 11 is 3.49. The number of aliphatic hydroxyl groups is 1. The van der Waals surface area contributed by atoms with Crippen molar-refractivity contribution >= 4 is 33.2 Å². The van der Waals surface area contributed by atoms with E-state index in [-0.39, 0.29) is 18.6 Å². The maximum atomic E-state index is 9.61. The highest BCUT2D eigenvalue weighted by molar-refractivity contribution is 9.10. The number of nitrogens with one attached hydrogen (secondary N) is 2. The normalized spacial score (nSPS) is 12.4. The van der Waals surface area contributed by atoms with Crippen LogP contribution in [0.2, 0.25) is 0 Å². The number of hydrogen-bond acceptors (Lipinski definition) is 6. The monoisotopic (exact) mass is 435 g/mol. The van der Waals surface area contributed by atoms with Crippen LogP contribution >= 0.6 is 15.9 Å². The summed E-state index contributed by atoms with van der Waals surface area (Å²) in [7, 11) is 1.62. The average molecular weight is 436 g/mol. The molecule has 0 aliphatic carbocycles. The Morgan fingerprint density at radius 1 is 1.41 bits per heavy atom. The average Bonchev–Trinajstić information content (AvgIpc) is 3.05. The number of nitrogens with zero attached hydrogens (tertiary/aromatic N) is 4. The van der Waals surface area contributed by atoms with Crippen molar-refractivity contribution in [1.82, 2.24) is 14.6 Å². The highest BCUT2D eigenvalue weighted by Gasteiger charge is 2.16. The third-order valence-corrected chi connectivity index (χ3v) is 4.84. The molecule has 3 aromatic rings. The molecule has 0 bridgehead atoms. The van der Waals surface area contributed by atoms with E-state index in [0.717, 1.165) is 15.9 Å². The van der Waals surface area contributed by atoms with Gasteiger partial charge in [-0.05, 0) is 27.9 Å². The largest absolute Gasteiger partial charge is 0.394 e. The van der Waals surface area contributed by atoms with E-state index in [1.165, 1.54) is 0 Å². The van der Waals surface area contributed by atoms with Crippen molar-refractivity contribution in [2.45, 2.75) is 26.4 Å². The van der Waals surface area contributed by atoms with E-state index in [0.29, 0.717) is 18.0 Å². The van der Waals surface area contributed by atoms with Gasteiger partial charge in [0.1, 0.15) is 18.7 Å². The molecule has 0 spiro atoms. The lowest BCUT2D eigenvalue weighted by molar-refractivity contribution is -0.885. The van der Waals surface area contributed by atoms with Crippen LogP contribution in [0.5, 0.6) is 0 Å². The van der Waals surface area contributed by atoms with Gasteiger partial charge in [-0.2, -0.15) is 9.61 Å². The van der Waals surface area contributed by atoms with Crippen LogP contribution in [0.25, 0.3) is 5.65 Å². The molecular weight excluding hydrogens is 412 g/mol. The van der Waals surface area contributed by atoms with E-state index in [2.05, 4.69) is 50.5 Å². The molecule has 3 heterocycles. The summed E-state index contributed by atoms with van der Waals surface area (Å²) in [5.41, 5.74) is 1.75. The number of aliphatic hydroxyl groups excluding tert-OH is 1. The second kappa shape index (κ2) is 8.53. The number of aromatic nitrogens is 4. The summed E-state index contributed by atoms with van der Waals surface area (Å²) in [6, 6.07) is 5.75. The Morgan fingerprint density at radius 2 is 2.22 bits per heavy atom. The second-order valence-electron chi connectivity index (χ2n) is 6.54. The molecule has 0 aromatic carbocycles. The van der Waals surface area contributed by atoms with Crippen LogP contribution < -0.4 is 20.2 Å². The van der Waals surface area contributed by atoms with Crippen molar-refractivity contribution in [2.75, 3.05) is 24.4 Å². The number of anilines is 2. The predicted octanol–water partition coefficient (Wildman–Crippen LogP) is 1.88. The van der Waals surface area contributed by atoms with Gasteiger partial charge in [-0.25, -0.2) is 4.98 Å². The van der Waals surface area contributed by atoms with Crippen LogP contribution in [-0.4, -0.2) is 39.5 Å². The number of hydrogen-bond donors (Lipinski definition) is 3. The quantitative estimate of drug-likeness (QED) is 0.468. The lowest BCUT2D eigenvalue weighted by atomic mass is 10.1. The predicted molar refractivity (Wildman–Crippen MR) is 106 cm³/mol. The van der Waals surface area contributed by atoms with Crippen molar-refractivity contribution in [3.05, 3.63) is 46.8 Å². The topological polar surface area (TPSA) is 87.6 Å². The molecule has 0 saturated heterocycles. The minimum Gasteiger partial charge on any atom is -0.394 e. The van der Waals surface area contributed by atoms with Crippen LogP contribution in [-0.2, 0) is 6.54 Å². The zero-order valence-electron chi connectivity index (χ0n) is 15.6. The van der Waals surface area contributed by atoms with Crippen molar-refractivity contribution in [3.63, 3.8) is 0 Å². The van der Waals surface area contributed by atoms with Gasteiger partial charge in [-0.3, -0.25) is 4.84 Å². The third-order valence-electron chi connectivity index (χ3n) is 4.28. The summed E-state index contributed by atoms with van der Waals surface area (Å²) in [4.78, 5) is 9.81. The molecule has 0 aliphatic heterocycles. The lowest BCUT2D eigenvalue weighted by Crippen LogP contribution is -2.40. The third kappa shape index (κ3) is 4.48. The molecule has 0 unspecified atom stereocenters. The molecule has 0 saturated carbocycles. The Labute approximate surface area is 166 Å². The molecule has 3 N–H and O–H groups in total. The summed E-state index contributed by atoms with van der Waals surface area (Å²) < 4.78 is 4.19. The van der Waals surface area contributed by atoms with Crippen molar-refractivity contribution in [1.29, 1.82) is 0 Å². The molecule has 0 aliphatic rings. The van der Waals surface area contributed by atoms with Gasteiger partial charge in [0.05, 0.1) is 23.3 Å². The SMILES string of the molecule is CO[n+]1cccc(CNc2cc(N[C@@H](CO)C(C)C)nc3c(Br)cnn23)c1. The van der Waals surface area contributed by atoms with E-state index < -0.39 is 0 Å². The first kappa shape index (κ1) is 19.4. The zero-order chi connectivity index (χ0) is 19.4. The second-order valence-corrected chi connectivity index (χ2v) is 7.39. The summed E-state index contributed by atoms with van der Waals surface area (Å²) in [5, 5.41) is 20.7. The Hall–Kier alpha value is -2.39. The fourth-order valence-electron chi connectivity index (χ4n) is 2.66. The first-order valence-corrected chi connectivity index (χ1v) is 9.51. The Morgan fingerprint density at radius 3 is 2.93 bits per heavy atom. The lowest BCUT2D eigenvalue weighted by Gasteiger charge is -2.21. The highest BCUT2D eigenvalue weighted by Crippen LogP contribution is 2.23. The van der Waals surface area contributed by atoms with Crippen molar-refractivity contribution in [2.24, 2.45) is 5.92 Å². The standard InChI is InChI=1S/C18H24BrN6O2/c1-12(2)15(11-26)22-16-7-17(25-18(23-16)14(19)9-21-25)20-8-13-5-4-6-24(10-13)27-3/h4-7,9-10,12,15,20,26H,8,11H2,1-3H3,(H,22,23)/q+1/t15-/m0/s1. The fraction of sp³-hybridized carbons (Fsp3) is 0.389. The number of fused-ring (bicyclic) bond motifs is 1. The van der Waals surface area contributed by atoms with Crippen molar-refractivity contribution < 1.29 is 14.7 Å². The molecule has 3 aromatic heterocycles.